The molecule has 0 atom stereocenters. The summed E-state index contributed by atoms with van der Waals surface area (Å²) in [5.74, 6) is 0. The van der Waals surface area contributed by atoms with E-state index < -0.39 is 10.0 Å². The van der Waals surface area contributed by atoms with Crippen LogP contribution in [-0.4, -0.2) is 28.1 Å². The second-order valence-electron chi connectivity index (χ2n) is 3.72. The molecule has 1 rings (SSSR count). The lowest BCUT2D eigenvalue weighted by atomic mass is 10.4. The van der Waals surface area contributed by atoms with Gasteiger partial charge in [0, 0.05) is 13.1 Å². The smallest absolute Gasteiger partial charge is 0.240 e. The van der Waals surface area contributed by atoms with E-state index in [1.165, 1.54) is 18.2 Å². The Hall–Kier alpha value is -0.0400. The van der Waals surface area contributed by atoms with E-state index in [9.17, 15) is 8.42 Å². The summed E-state index contributed by atoms with van der Waals surface area (Å²) >= 11 is 11.5. The van der Waals surface area contributed by atoms with Crippen molar-refractivity contribution in [3.8, 4) is 0 Å². The van der Waals surface area contributed by atoms with E-state index in [4.69, 9.17) is 23.2 Å². The molecule has 1 aromatic carbocycles. The van der Waals surface area contributed by atoms with E-state index in [2.05, 4.69) is 10.0 Å². The van der Waals surface area contributed by atoms with Crippen LogP contribution in [0.1, 0.15) is 13.3 Å². The number of rotatable bonds is 7. The van der Waals surface area contributed by atoms with E-state index >= 15 is 0 Å². The molecule has 0 aliphatic heterocycles. The fourth-order valence-electron chi connectivity index (χ4n) is 1.30. The van der Waals surface area contributed by atoms with Crippen molar-refractivity contribution in [2.24, 2.45) is 0 Å². The molecule has 0 aliphatic carbocycles. The van der Waals surface area contributed by atoms with Crippen LogP contribution in [0.5, 0.6) is 0 Å². The predicted octanol–water partition coefficient (Wildman–Crippen LogP) is 2.69. The maximum absolute atomic E-state index is 11.9. The molecule has 0 bridgehead atoms. The maximum Gasteiger partial charge on any atom is 0.240 e. The van der Waals surface area contributed by atoms with Gasteiger partial charge in [-0.05, 0) is 31.2 Å². The monoisotopic (exact) mass is 346 g/mol. The van der Waals surface area contributed by atoms with Crippen molar-refractivity contribution in [2.45, 2.75) is 18.2 Å². The van der Waals surface area contributed by atoms with Gasteiger partial charge in [0.25, 0.3) is 0 Å². The third-order valence-corrected chi connectivity index (χ3v) is 4.42. The summed E-state index contributed by atoms with van der Waals surface area (Å²) in [6.45, 7) is 3.85. The van der Waals surface area contributed by atoms with Gasteiger partial charge >= 0.3 is 0 Å². The molecule has 0 radical (unpaired) electrons. The summed E-state index contributed by atoms with van der Waals surface area (Å²) in [5.41, 5.74) is 0. The minimum Gasteiger partial charge on any atom is -0.315 e. The number of hydrogen-bond donors (Lipinski definition) is 2. The molecule has 0 aromatic heterocycles. The zero-order valence-electron chi connectivity index (χ0n) is 10.4. The fourth-order valence-corrected chi connectivity index (χ4v) is 2.72. The van der Waals surface area contributed by atoms with Gasteiger partial charge in [-0.1, -0.05) is 30.1 Å². The zero-order chi connectivity index (χ0) is 13.6. The Labute approximate surface area is 130 Å². The first-order valence-corrected chi connectivity index (χ1v) is 7.86. The summed E-state index contributed by atoms with van der Waals surface area (Å²) < 4.78 is 26.3. The number of sulfonamides is 1. The summed E-state index contributed by atoms with van der Waals surface area (Å²) in [6, 6.07) is 4.23. The van der Waals surface area contributed by atoms with Crippen LogP contribution in [0.4, 0.5) is 0 Å². The SMILES string of the molecule is CCCNCCNS(=O)(=O)c1ccc(Cl)c(Cl)c1.Cl. The van der Waals surface area contributed by atoms with E-state index in [1.807, 2.05) is 6.92 Å². The van der Waals surface area contributed by atoms with Crippen LogP contribution in [-0.2, 0) is 10.0 Å². The lowest BCUT2D eigenvalue weighted by Crippen LogP contribution is -2.32. The van der Waals surface area contributed by atoms with E-state index in [0.717, 1.165) is 13.0 Å². The first-order valence-electron chi connectivity index (χ1n) is 5.63. The average molecular weight is 348 g/mol. The molecular formula is C11H17Cl3N2O2S. The van der Waals surface area contributed by atoms with Crippen molar-refractivity contribution in [3.05, 3.63) is 28.2 Å². The van der Waals surface area contributed by atoms with Gasteiger partial charge in [0.05, 0.1) is 14.9 Å². The topological polar surface area (TPSA) is 58.2 Å². The standard InChI is InChI=1S/C11H16Cl2N2O2S.ClH/c1-2-5-14-6-7-15-18(16,17)9-3-4-10(12)11(13)8-9;/h3-4,8,14-15H,2,5-7H2,1H3;1H. The minimum absolute atomic E-state index is 0. The number of hydrogen-bond acceptors (Lipinski definition) is 3. The van der Waals surface area contributed by atoms with Crippen LogP contribution in [0.2, 0.25) is 10.0 Å². The highest BCUT2D eigenvalue weighted by molar-refractivity contribution is 7.89. The summed E-state index contributed by atoms with van der Waals surface area (Å²) in [4.78, 5) is 0.118. The lowest BCUT2D eigenvalue weighted by molar-refractivity contribution is 0.575. The number of benzene rings is 1. The van der Waals surface area contributed by atoms with Crippen molar-refractivity contribution in [1.82, 2.24) is 10.0 Å². The second-order valence-corrected chi connectivity index (χ2v) is 6.31. The van der Waals surface area contributed by atoms with E-state index in [-0.39, 0.29) is 22.3 Å². The van der Waals surface area contributed by atoms with Crippen molar-refractivity contribution >= 4 is 45.6 Å². The van der Waals surface area contributed by atoms with E-state index in [0.29, 0.717) is 18.1 Å². The Morgan fingerprint density at radius 1 is 1.11 bits per heavy atom. The Bertz CT molecular complexity index is 495. The largest absolute Gasteiger partial charge is 0.315 e. The highest BCUT2D eigenvalue weighted by Crippen LogP contribution is 2.24. The van der Waals surface area contributed by atoms with Crippen LogP contribution >= 0.6 is 35.6 Å². The van der Waals surface area contributed by atoms with Crippen molar-refractivity contribution in [3.63, 3.8) is 0 Å². The fraction of sp³-hybridized carbons (Fsp3) is 0.455. The molecule has 0 amide bonds. The summed E-state index contributed by atoms with van der Waals surface area (Å²) in [7, 11) is -3.52. The second kappa shape index (κ2) is 9.00. The van der Waals surface area contributed by atoms with Crippen molar-refractivity contribution < 1.29 is 8.42 Å². The molecule has 110 valence electrons. The van der Waals surface area contributed by atoms with Gasteiger partial charge < -0.3 is 5.32 Å². The van der Waals surface area contributed by atoms with Gasteiger partial charge in [-0.3, -0.25) is 0 Å². The molecule has 4 nitrogen and oxygen atoms in total. The number of nitrogens with one attached hydrogen (secondary N) is 2. The predicted molar refractivity (Wildman–Crippen MR) is 82.1 cm³/mol. The third-order valence-electron chi connectivity index (χ3n) is 2.22. The highest BCUT2D eigenvalue weighted by Gasteiger charge is 2.14. The first-order chi connectivity index (χ1) is 8.47. The first kappa shape index (κ1) is 19.0. The molecule has 0 unspecified atom stereocenters. The van der Waals surface area contributed by atoms with Crippen LogP contribution in [0.3, 0.4) is 0 Å². The quantitative estimate of drug-likeness (QED) is 0.746. The Morgan fingerprint density at radius 2 is 1.79 bits per heavy atom. The highest BCUT2D eigenvalue weighted by atomic mass is 35.5. The van der Waals surface area contributed by atoms with Gasteiger partial charge in [0.1, 0.15) is 0 Å². The molecule has 0 saturated carbocycles. The Morgan fingerprint density at radius 3 is 2.37 bits per heavy atom. The molecule has 1 aromatic rings. The van der Waals surface area contributed by atoms with Crippen LogP contribution in [0.15, 0.2) is 23.1 Å². The molecule has 0 heterocycles. The van der Waals surface area contributed by atoms with Gasteiger partial charge in [0.15, 0.2) is 0 Å². The van der Waals surface area contributed by atoms with Crippen LogP contribution < -0.4 is 10.0 Å². The average Bonchev–Trinajstić information content (AvgIpc) is 2.32. The third kappa shape index (κ3) is 6.29. The minimum atomic E-state index is -3.52. The van der Waals surface area contributed by atoms with Gasteiger partial charge in [0.2, 0.25) is 10.0 Å². The molecular weight excluding hydrogens is 331 g/mol. The van der Waals surface area contributed by atoms with Crippen LogP contribution in [0, 0.1) is 0 Å². The molecule has 0 fully saturated rings. The Balaban J connectivity index is 0.00000324. The van der Waals surface area contributed by atoms with Gasteiger partial charge in [-0.2, -0.15) is 0 Å². The summed E-state index contributed by atoms with van der Waals surface area (Å²) in [6.07, 6.45) is 1.01. The van der Waals surface area contributed by atoms with Gasteiger partial charge in [-0.25, -0.2) is 13.1 Å². The maximum atomic E-state index is 11.9. The summed E-state index contributed by atoms with van der Waals surface area (Å²) in [5, 5.41) is 3.66. The molecule has 0 spiro atoms. The molecule has 0 aliphatic rings. The van der Waals surface area contributed by atoms with Gasteiger partial charge in [-0.15, -0.1) is 12.4 Å². The normalized spacial score (nSPS) is 11.1. The zero-order valence-corrected chi connectivity index (χ0v) is 13.6. The number of halogens is 3. The van der Waals surface area contributed by atoms with E-state index in [1.54, 1.807) is 0 Å². The Kier molecular flexibility index (Phi) is 8.98. The van der Waals surface area contributed by atoms with Crippen LogP contribution in [0.25, 0.3) is 0 Å². The van der Waals surface area contributed by atoms with Crippen molar-refractivity contribution in [1.29, 1.82) is 0 Å². The lowest BCUT2D eigenvalue weighted by Gasteiger charge is -2.08. The molecule has 8 heteroatoms. The van der Waals surface area contributed by atoms with Crippen molar-refractivity contribution in [2.75, 3.05) is 19.6 Å². The molecule has 0 saturated heterocycles. The molecule has 19 heavy (non-hydrogen) atoms. The molecule has 2 N–H and O–H groups in total.